The molecule has 3 heterocycles. The van der Waals surface area contributed by atoms with Crippen molar-refractivity contribution in [3.05, 3.63) is 6.33 Å². The van der Waals surface area contributed by atoms with Crippen molar-refractivity contribution in [2.75, 3.05) is 25.6 Å². The standard InChI is InChI=1S/C14H20FN5O5/c1-3-24-9-7-8(18-12(16)19-9)20(6-17-7)11-13(2,23)10(22)14(4-15,5-21)25-11/h6,10-11,21-23H,3-5H2,1-2H3,(H2,16,18,19). The number of rotatable bonds is 5. The number of imidazole rings is 1. The van der Waals surface area contributed by atoms with E-state index in [-0.39, 0.29) is 23.0 Å². The number of aliphatic hydroxyl groups excluding tert-OH is 2. The monoisotopic (exact) mass is 357 g/mol. The molecule has 0 spiro atoms. The fourth-order valence-electron chi connectivity index (χ4n) is 3.00. The maximum Gasteiger partial charge on any atom is 0.247 e. The summed E-state index contributed by atoms with van der Waals surface area (Å²) in [5.41, 5.74) is 2.26. The van der Waals surface area contributed by atoms with Crippen molar-refractivity contribution in [2.24, 2.45) is 0 Å². The number of hydrogen-bond donors (Lipinski definition) is 4. The molecule has 0 aliphatic carbocycles. The second kappa shape index (κ2) is 6.02. The van der Waals surface area contributed by atoms with Gasteiger partial charge in [-0.15, -0.1) is 0 Å². The van der Waals surface area contributed by atoms with Crippen molar-refractivity contribution in [1.29, 1.82) is 0 Å². The molecule has 11 heteroatoms. The number of anilines is 1. The zero-order valence-electron chi connectivity index (χ0n) is 13.8. The number of hydrogen-bond acceptors (Lipinski definition) is 9. The predicted molar refractivity (Wildman–Crippen MR) is 83.4 cm³/mol. The first-order chi connectivity index (χ1) is 11.8. The van der Waals surface area contributed by atoms with Crippen LogP contribution in [-0.2, 0) is 4.74 Å². The Morgan fingerprint density at radius 2 is 2.20 bits per heavy atom. The second-order valence-electron chi connectivity index (χ2n) is 6.10. The minimum Gasteiger partial charge on any atom is -0.476 e. The Kier molecular flexibility index (Phi) is 4.27. The van der Waals surface area contributed by atoms with Gasteiger partial charge in [-0.1, -0.05) is 0 Å². The number of halogens is 1. The Morgan fingerprint density at radius 1 is 1.48 bits per heavy atom. The van der Waals surface area contributed by atoms with E-state index in [0.29, 0.717) is 6.61 Å². The first kappa shape index (κ1) is 17.7. The summed E-state index contributed by atoms with van der Waals surface area (Å²) >= 11 is 0. The minimum atomic E-state index is -1.95. The van der Waals surface area contributed by atoms with Crippen LogP contribution in [0.15, 0.2) is 6.33 Å². The molecule has 0 amide bonds. The van der Waals surface area contributed by atoms with Crippen LogP contribution in [0.4, 0.5) is 10.3 Å². The number of nitrogens with two attached hydrogens (primary N) is 1. The van der Waals surface area contributed by atoms with Gasteiger partial charge in [0.15, 0.2) is 23.0 Å². The predicted octanol–water partition coefficient (Wildman–Crippen LogP) is -0.852. The molecule has 138 valence electrons. The molecule has 4 unspecified atom stereocenters. The van der Waals surface area contributed by atoms with Crippen LogP contribution in [0.3, 0.4) is 0 Å². The van der Waals surface area contributed by atoms with Crippen molar-refractivity contribution in [1.82, 2.24) is 19.5 Å². The van der Waals surface area contributed by atoms with Crippen molar-refractivity contribution in [2.45, 2.75) is 37.4 Å². The van der Waals surface area contributed by atoms with E-state index in [1.54, 1.807) is 6.92 Å². The first-order valence-electron chi connectivity index (χ1n) is 7.68. The van der Waals surface area contributed by atoms with E-state index in [0.717, 1.165) is 0 Å². The van der Waals surface area contributed by atoms with Gasteiger partial charge in [0, 0.05) is 0 Å². The van der Waals surface area contributed by atoms with Gasteiger partial charge in [-0.3, -0.25) is 4.57 Å². The maximum atomic E-state index is 13.5. The second-order valence-corrected chi connectivity index (χ2v) is 6.10. The Hall–Kier alpha value is -2.08. The molecule has 4 atom stereocenters. The van der Waals surface area contributed by atoms with Gasteiger partial charge in [-0.2, -0.15) is 9.97 Å². The lowest BCUT2D eigenvalue weighted by Gasteiger charge is -2.29. The average molecular weight is 357 g/mol. The van der Waals surface area contributed by atoms with Crippen LogP contribution < -0.4 is 10.5 Å². The molecule has 0 radical (unpaired) electrons. The molecule has 25 heavy (non-hydrogen) atoms. The number of nitrogen functional groups attached to an aromatic ring is 1. The van der Waals surface area contributed by atoms with Gasteiger partial charge in [-0.05, 0) is 13.8 Å². The lowest BCUT2D eigenvalue weighted by Crippen LogP contribution is -2.52. The highest BCUT2D eigenvalue weighted by Gasteiger charge is 2.62. The fraction of sp³-hybridized carbons (Fsp3) is 0.643. The van der Waals surface area contributed by atoms with E-state index < -0.39 is 36.8 Å². The van der Waals surface area contributed by atoms with E-state index >= 15 is 0 Å². The summed E-state index contributed by atoms with van der Waals surface area (Å²) in [7, 11) is 0. The van der Waals surface area contributed by atoms with Crippen molar-refractivity contribution < 1.29 is 29.2 Å². The van der Waals surface area contributed by atoms with E-state index in [9.17, 15) is 19.7 Å². The quantitative estimate of drug-likeness (QED) is 0.536. The molecule has 0 saturated carbocycles. The molecule has 2 aromatic rings. The van der Waals surface area contributed by atoms with Gasteiger partial charge in [0.25, 0.3) is 0 Å². The molecular weight excluding hydrogens is 337 g/mol. The number of aliphatic hydroxyl groups is 3. The van der Waals surface area contributed by atoms with Crippen LogP contribution in [0.1, 0.15) is 20.1 Å². The number of fused-ring (bicyclic) bond motifs is 1. The smallest absolute Gasteiger partial charge is 0.247 e. The summed E-state index contributed by atoms with van der Waals surface area (Å²) in [4.78, 5) is 12.2. The highest BCUT2D eigenvalue weighted by Crippen LogP contribution is 2.45. The number of alkyl halides is 1. The zero-order chi connectivity index (χ0) is 18.4. The van der Waals surface area contributed by atoms with Crippen LogP contribution >= 0.6 is 0 Å². The molecule has 1 saturated heterocycles. The van der Waals surface area contributed by atoms with E-state index in [2.05, 4.69) is 15.0 Å². The molecular formula is C14H20FN5O5. The van der Waals surface area contributed by atoms with Gasteiger partial charge in [0.1, 0.15) is 18.4 Å². The van der Waals surface area contributed by atoms with Gasteiger partial charge in [0.2, 0.25) is 11.8 Å². The van der Waals surface area contributed by atoms with Crippen molar-refractivity contribution in [3.8, 4) is 5.88 Å². The molecule has 0 bridgehead atoms. The van der Waals surface area contributed by atoms with Crippen molar-refractivity contribution >= 4 is 17.1 Å². The summed E-state index contributed by atoms with van der Waals surface area (Å²) < 4.78 is 25.7. The molecule has 10 nitrogen and oxygen atoms in total. The SMILES string of the molecule is CCOc1nc(N)nc2c1ncn2C1OC(CO)(CF)C(O)C1(C)O. The molecule has 1 aliphatic rings. The number of nitrogens with zero attached hydrogens (tertiary/aromatic N) is 4. The van der Waals surface area contributed by atoms with Gasteiger partial charge in [0.05, 0.1) is 19.5 Å². The molecule has 1 aliphatic heterocycles. The van der Waals surface area contributed by atoms with Crippen LogP contribution in [0, 0.1) is 0 Å². The molecule has 2 aromatic heterocycles. The summed E-state index contributed by atoms with van der Waals surface area (Å²) in [6.45, 7) is 1.36. The summed E-state index contributed by atoms with van der Waals surface area (Å²) in [5.74, 6) is 0.0654. The largest absolute Gasteiger partial charge is 0.476 e. The highest BCUT2D eigenvalue weighted by molar-refractivity contribution is 5.77. The zero-order valence-corrected chi connectivity index (χ0v) is 13.8. The van der Waals surface area contributed by atoms with Crippen LogP contribution in [-0.4, -0.2) is 72.0 Å². The van der Waals surface area contributed by atoms with E-state index in [4.69, 9.17) is 15.2 Å². The van der Waals surface area contributed by atoms with Crippen LogP contribution in [0.5, 0.6) is 5.88 Å². The lowest BCUT2D eigenvalue weighted by molar-refractivity contribution is -0.137. The van der Waals surface area contributed by atoms with Gasteiger partial charge < -0.3 is 30.5 Å². The van der Waals surface area contributed by atoms with E-state index in [1.165, 1.54) is 17.8 Å². The van der Waals surface area contributed by atoms with Crippen molar-refractivity contribution in [3.63, 3.8) is 0 Å². The Labute approximate surface area is 142 Å². The topological polar surface area (TPSA) is 149 Å². The van der Waals surface area contributed by atoms with E-state index in [1.807, 2.05) is 0 Å². The summed E-state index contributed by atoms with van der Waals surface area (Å²) in [6.07, 6.45) is -1.65. The number of ether oxygens (including phenoxy) is 2. The number of aromatic nitrogens is 4. The normalized spacial score (nSPS) is 32.4. The summed E-state index contributed by atoms with van der Waals surface area (Å²) in [5, 5.41) is 30.5. The summed E-state index contributed by atoms with van der Waals surface area (Å²) in [6, 6.07) is 0. The third kappa shape index (κ3) is 2.51. The molecule has 5 N–H and O–H groups in total. The van der Waals surface area contributed by atoms with Crippen LogP contribution in [0.25, 0.3) is 11.2 Å². The third-order valence-corrected chi connectivity index (χ3v) is 4.33. The first-order valence-corrected chi connectivity index (χ1v) is 7.68. The Morgan fingerprint density at radius 3 is 2.76 bits per heavy atom. The Bertz CT molecular complexity index is 778. The van der Waals surface area contributed by atoms with Gasteiger partial charge in [-0.25, -0.2) is 9.37 Å². The highest BCUT2D eigenvalue weighted by atomic mass is 19.1. The third-order valence-electron chi connectivity index (χ3n) is 4.33. The maximum absolute atomic E-state index is 13.5. The van der Waals surface area contributed by atoms with Crippen LogP contribution in [0.2, 0.25) is 0 Å². The minimum absolute atomic E-state index is 0.0881. The lowest BCUT2D eigenvalue weighted by atomic mass is 9.88. The molecule has 3 rings (SSSR count). The molecule has 1 fully saturated rings. The molecule has 0 aromatic carbocycles. The van der Waals surface area contributed by atoms with Gasteiger partial charge >= 0.3 is 0 Å². The average Bonchev–Trinajstić information content (AvgIpc) is 3.07. The fourth-order valence-corrected chi connectivity index (χ4v) is 3.00. The Balaban J connectivity index is 2.13.